The van der Waals surface area contributed by atoms with E-state index in [-0.39, 0.29) is 6.10 Å². The van der Waals surface area contributed by atoms with Crippen LogP contribution in [0.2, 0.25) is 0 Å². The lowest BCUT2D eigenvalue weighted by Gasteiger charge is -2.12. The van der Waals surface area contributed by atoms with Crippen LogP contribution in [0.4, 0.5) is 14.5 Å². The first-order valence-electron chi connectivity index (χ1n) is 8.79. The molecule has 0 unspecified atom stereocenters. The number of rotatable bonds is 7. The van der Waals surface area contributed by atoms with Crippen molar-refractivity contribution in [2.24, 2.45) is 0 Å². The number of carbonyl (C=O) groups is 2. The number of esters is 1. The number of benzene rings is 2. The molecule has 0 bridgehead atoms. The van der Waals surface area contributed by atoms with E-state index in [1.54, 1.807) is 18.2 Å². The molecule has 1 fully saturated rings. The number of hydrogen-bond acceptors (Lipinski definition) is 5. The summed E-state index contributed by atoms with van der Waals surface area (Å²) in [6, 6.07) is 10.1. The molecular weight excluding hydrogens is 388 g/mol. The Morgan fingerprint density at radius 2 is 1.89 bits per heavy atom. The van der Waals surface area contributed by atoms with E-state index in [1.807, 2.05) is 6.07 Å². The van der Waals surface area contributed by atoms with E-state index >= 15 is 0 Å². The van der Waals surface area contributed by atoms with Crippen molar-refractivity contribution in [2.45, 2.75) is 23.8 Å². The SMILES string of the molecule is O=C(COC(=O)c1ccccc1SC[C@@H]1CCCO1)Nc1c(F)cccc1F. The molecule has 0 radical (unpaired) electrons. The fraction of sp³-hybridized carbons (Fsp3) is 0.300. The van der Waals surface area contributed by atoms with Crippen molar-refractivity contribution in [3.8, 4) is 0 Å². The number of amides is 1. The zero-order valence-corrected chi connectivity index (χ0v) is 15.8. The first kappa shape index (κ1) is 20.3. The average Bonchev–Trinajstić information content (AvgIpc) is 3.21. The highest BCUT2D eigenvalue weighted by atomic mass is 32.2. The summed E-state index contributed by atoms with van der Waals surface area (Å²) in [6.45, 7) is 0.101. The van der Waals surface area contributed by atoms with Gasteiger partial charge in [-0.1, -0.05) is 18.2 Å². The van der Waals surface area contributed by atoms with Crippen molar-refractivity contribution in [3.63, 3.8) is 0 Å². The van der Waals surface area contributed by atoms with Gasteiger partial charge >= 0.3 is 5.97 Å². The predicted molar refractivity (Wildman–Crippen MR) is 101 cm³/mol. The fourth-order valence-electron chi connectivity index (χ4n) is 2.72. The van der Waals surface area contributed by atoms with E-state index in [2.05, 4.69) is 5.32 Å². The second-order valence-electron chi connectivity index (χ2n) is 6.16. The Bertz CT molecular complexity index is 836. The molecule has 1 amide bonds. The van der Waals surface area contributed by atoms with Crippen LogP contribution in [-0.4, -0.2) is 36.9 Å². The molecule has 0 saturated carbocycles. The summed E-state index contributed by atoms with van der Waals surface area (Å²) in [5.41, 5.74) is -0.244. The Kier molecular flexibility index (Phi) is 7.00. The number of anilines is 1. The molecule has 148 valence electrons. The highest BCUT2D eigenvalue weighted by molar-refractivity contribution is 7.99. The number of hydrogen-bond donors (Lipinski definition) is 1. The predicted octanol–water partition coefficient (Wildman–Crippen LogP) is 4.03. The van der Waals surface area contributed by atoms with Gasteiger partial charge in [0, 0.05) is 17.3 Å². The van der Waals surface area contributed by atoms with Crippen molar-refractivity contribution in [1.29, 1.82) is 0 Å². The first-order valence-corrected chi connectivity index (χ1v) is 9.77. The lowest BCUT2D eigenvalue weighted by molar-refractivity contribution is -0.119. The minimum absolute atomic E-state index is 0.163. The van der Waals surface area contributed by atoms with Crippen LogP contribution in [0.1, 0.15) is 23.2 Å². The Morgan fingerprint density at radius 1 is 1.14 bits per heavy atom. The second kappa shape index (κ2) is 9.66. The van der Waals surface area contributed by atoms with Gasteiger partial charge < -0.3 is 14.8 Å². The molecule has 1 aliphatic heterocycles. The fourth-order valence-corrected chi connectivity index (χ4v) is 3.83. The molecule has 3 rings (SSSR count). The molecule has 2 aromatic carbocycles. The molecule has 1 saturated heterocycles. The maximum atomic E-state index is 13.6. The van der Waals surface area contributed by atoms with Crippen LogP contribution in [0, 0.1) is 11.6 Å². The second-order valence-corrected chi connectivity index (χ2v) is 7.22. The summed E-state index contributed by atoms with van der Waals surface area (Å²) in [6.07, 6.45) is 2.19. The van der Waals surface area contributed by atoms with Gasteiger partial charge in [-0.15, -0.1) is 11.8 Å². The minimum atomic E-state index is -0.907. The highest BCUT2D eigenvalue weighted by Crippen LogP contribution is 2.27. The van der Waals surface area contributed by atoms with Crippen molar-refractivity contribution >= 4 is 29.3 Å². The summed E-state index contributed by atoms with van der Waals surface area (Å²) in [7, 11) is 0. The first-order chi connectivity index (χ1) is 13.5. The van der Waals surface area contributed by atoms with Gasteiger partial charge in [-0.3, -0.25) is 4.79 Å². The van der Waals surface area contributed by atoms with E-state index < -0.39 is 35.8 Å². The van der Waals surface area contributed by atoms with Gasteiger partial charge in [0.25, 0.3) is 5.91 Å². The van der Waals surface area contributed by atoms with Crippen LogP contribution in [0.25, 0.3) is 0 Å². The van der Waals surface area contributed by atoms with Crippen molar-refractivity contribution in [3.05, 3.63) is 59.7 Å². The normalized spacial score (nSPS) is 16.0. The zero-order chi connectivity index (χ0) is 19.9. The number of para-hydroxylation sites is 1. The Labute approximate surface area is 165 Å². The van der Waals surface area contributed by atoms with Gasteiger partial charge in [-0.05, 0) is 37.1 Å². The zero-order valence-electron chi connectivity index (χ0n) is 15.0. The summed E-state index contributed by atoms with van der Waals surface area (Å²) in [5.74, 6) is -2.61. The smallest absolute Gasteiger partial charge is 0.339 e. The lowest BCUT2D eigenvalue weighted by Crippen LogP contribution is -2.22. The molecule has 5 nitrogen and oxygen atoms in total. The van der Waals surface area contributed by atoms with Gasteiger partial charge in [0.1, 0.15) is 17.3 Å². The molecule has 1 N–H and O–H groups in total. The summed E-state index contributed by atoms with van der Waals surface area (Å²) in [4.78, 5) is 25.0. The van der Waals surface area contributed by atoms with Crippen LogP contribution in [-0.2, 0) is 14.3 Å². The van der Waals surface area contributed by atoms with Gasteiger partial charge in [0.05, 0.1) is 11.7 Å². The van der Waals surface area contributed by atoms with Crippen molar-refractivity contribution < 1.29 is 27.8 Å². The van der Waals surface area contributed by atoms with Gasteiger partial charge in [-0.2, -0.15) is 0 Å². The van der Waals surface area contributed by atoms with Crippen LogP contribution in [0.5, 0.6) is 0 Å². The maximum absolute atomic E-state index is 13.6. The largest absolute Gasteiger partial charge is 0.452 e. The van der Waals surface area contributed by atoms with E-state index in [4.69, 9.17) is 9.47 Å². The van der Waals surface area contributed by atoms with E-state index in [0.29, 0.717) is 5.56 Å². The van der Waals surface area contributed by atoms with Gasteiger partial charge in [0.15, 0.2) is 6.61 Å². The number of thioether (sulfide) groups is 1. The molecule has 28 heavy (non-hydrogen) atoms. The highest BCUT2D eigenvalue weighted by Gasteiger charge is 2.19. The number of ether oxygens (including phenoxy) is 2. The van der Waals surface area contributed by atoms with E-state index in [9.17, 15) is 18.4 Å². The van der Waals surface area contributed by atoms with Gasteiger partial charge in [-0.25, -0.2) is 13.6 Å². The number of nitrogens with one attached hydrogen (secondary N) is 1. The van der Waals surface area contributed by atoms with Crippen LogP contribution in [0.3, 0.4) is 0 Å². The van der Waals surface area contributed by atoms with Crippen LogP contribution < -0.4 is 5.32 Å². The minimum Gasteiger partial charge on any atom is -0.452 e. The average molecular weight is 407 g/mol. The van der Waals surface area contributed by atoms with Crippen molar-refractivity contribution in [1.82, 2.24) is 0 Å². The maximum Gasteiger partial charge on any atom is 0.339 e. The molecule has 1 aliphatic rings. The lowest BCUT2D eigenvalue weighted by atomic mass is 10.2. The third kappa shape index (κ3) is 5.30. The van der Waals surface area contributed by atoms with Crippen LogP contribution >= 0.6 is 11.8 Å². The van der Waals surface area contributed by atoms with E-state index in [0.717, 1.165) is 42.2 Å². The molecule has 0 spiro atoms. The summed E-state index contributed by atoms with van der Waals surface area (Å²) < 4.78 is 37.7. The Morgan fingerprint density at radius 3 is 2.61 bits per heavy atom. The number of halogens is 2. The van der Waals surface area contributed by atoms with E-state index in [1.165, 1.54) is 17.8 Å². The molecule has 2 aromatic rings. The molecule has 0 aliphatic carbocycles. The topological polar surface area (TPSA) is 64.6 Å². The van der Waals surface area contributed by atoms with Crippen LogP contribution in [0.15, 0.2) is 47.4 Å². The molecular formula is C20H19F2NO4S. The number of carbonyl (C=O) groups excluding carboxylic acids is 2. The van der Waals surface area contributed by atoms with Crippen molar-refractivity contribution in [2.75, 3.05) is 24.3 Å². The Hall–Kier alpha value is -2.45. The standard InChI is InChI=1S/C20H19F2NO4S/c21-15-7-3-8-16(22)19(15)23-18(24)11-27-20(25)14-6-1-2-9-17(14)28-12-13-5-4-10-26-13/h1-3,6-9,13H,4-5,10-12H2,(H,23,24)/t13-/m0/s1. The van der Waals surface area contributed by atoms with Gasteiger partial charge in [0.2, 0.25) is 0 Å². The Balaban J connectivity index is 1.56. The summed E-state index contributed by atoms with van der Waals surface area (Å²) in [5, 5.41) is 2.07. The monoisotopic (exact) mass is 407 g/mol. The molecule has 8 heteroatoms. The third-order valence-electron chi connectivity index (χ3n) is 4.12. The molecule has 1 heterocycles. The third-order valence-corrected chi connectivity index (χ3v) is 5.32. The summed E-state index contributed by atoms with van der Waals surface area (Å²) >= 11 is 1.49. The molecule has 1 atom stereocenters. The quantitative estimate of drug-likeness (QED) is 0.555. The molecule has 0 aromatic heterocycles.